The zero-order chi connectivity index (χ0) is 21.0. The molecular formula is C20H18F3N3O3. The topological polar surface area (TPSA) is 82.3 Å². The number of hydrogen-bond donors (Lipinski definition) is 2. The van der Waals surface area contributed by atoms with E-state index in [2.05, 4.69) is 10.3 Å². The van der Waals surface area contributed by atoms with Gasteiger partial charge in [-0.3, -0.25) is 14.4 Å². The molecule has 1 aliphatic heterocycles. The average molecular weight is 405 g/mol. The molecule has 29 heavy (non-hydrogen) atoms. The van der Waals surface area contributed by atoms with Gasteiger partial charge in [-0.05, 0) is 29.3 Å². The number of nitrogens with one attached hydrogen (secondary N) is 2. The largest absolute Gasteiger partial charge is 0.416 e. The summed E-state index contributed by atoms with van der Waals surface area (Å²) in [6, 6.07) is 7.46. The lowest BCUT2D eigenvalue weighted by Gasteiger charge is -2.28. The van der Waals surface area contributed by atoms with E-state index in [0.717, 1.165) is 29.5 Å². The van der Waals surface area contributed by atoms with Crippen LogP contribution in [-0.2, 0) is 28.7 Å². The molecule has 1 aliphatic rings. The van der Waals surface area contributed by atoms with Crippen LogP contribution in [0.3, 0.4) is 0 Å². The molecule has 0 saturated carbocycles. The minimum absolute atomic E-state index is 0.185. The number of aromatic nitrogens is 1. The van der Waals surface area contributed by atoms with Crippen molar-refractivity contribution < 1.29 is 22.8 Å². The number of carbonyl (C=O) groups excluding carboxylic acids is 2. The molecule has 9 heteroatoms. The molecule has 6 nitrogen and oxygen atoms in total. The van der Waals surface area contributed by atoms with E-state index in [4.69, 9.17) is 0 Å². The first-order chi connectivity index (χ1) is 13.7. The Hall–Kier alpha value is -3.36. The Morgan fingerprint density at radius 1 is 1.14 bits per heavy atom. The summed E-state index contributed by atoms with van der Waals surface area (Å²) in [5.41, 5.74) is 1.15. The maximum atomic E-state index is 12.5. The molecule has 3 rings (SSSR count). The van der Waals surface area contributed by atoms with Crippen LogP contribution >= 0.6 is 0 Å². The van der Waals surface area contributed by atoms with Crippen LogP contribution < -0.4 is 10.9 Å². The minimum Gasteiger partial charge on any atom is -0.343 e. The van der Waals surface area contributed by atoms with Crippen molar-refractivity contribution in [3.8, 4) is 0 Å². The average Bonchev–Trinajstić information content (AvgIpc) is 2.69. The molecule has 0 aliphatic carbocycles. The number of alkyl halides is 3. The van der Waals surface area contributed by atoms with E-state index in [1.54, 1.807) is 11.0 Å². The molecule has 2 amide bonds. The van der Waals surface area contributed by atoms with Crippen LogP contribution in [0.15, 0.2) is 47.3 Å². The van der Waals surface area contributed by atoms with E-state index in [9.17, 15) is 27.6 Å². The Morgan fingerprint density at radius 2 is 1.86 bits per heavy atom. The van der Waals surface area contributed by atoms with Crippen LogP contribution in [-0.4, -0.2) is 34.8 Å². The molecule has 1 aromatic carbocycles. The van der Waals surface area contributed by atoms with Crippen LogP contribution in [0.25, 0.3) is 6.08 Å². The molecule has 0 atom stereocenters. The summed E-state index contributed by atoms with van der Waals surface area (Å²) in [6.07, 6.45) is -1.36. The van der Waals surface area contributed by atoms with Gasteiger partial charge in [0, 0.05) is 37.3 Å². The van der Waals surface area contributed by atoms with Gasteiger partial charge in [0.2, 0.25) is 17.4 Å². The van der Waals surface area contributed by atoms with E-state index in [-0.39, 0.29) is 18.0 Å². The Morgan fingerprint density at radius 3 is 2.55 bits per heavy atom. The quantitative estimate of drug-likeness (QED) is 0.765. The van der Waals surface area contributed by atoms with Crippen molar-refractivity contribution in [2.45, 2.75) is 19.1 Å². The predicted molar refractivity (Wildman–Crippen MR) is 99.7 cm³/mol. The number of halogens is 3. The maximum Gasteiger partial charge on any atom is 0.416 e. The van der Waals surface area contributed by atoms with Crippen molar-refractivity contribution >= 4 is 17.9 Å². The lowest BCUT2D eigenvalue weighted by Crippen LogP contribution is -2.42. The van der Waals surface area contributed by atoms with Gasteiger partial charge >= 0.3 is 6.18 Å². The normalized spacial score (nSPS) is 14.0. The van der Waals surface area contributed by atoms with Crippen molar-refractivity contribution in [3.63, 3.8) is 0 Å². The van der Waals surface area contributed by atoms with Crippen LogP contribution in [0.4, 0.5) is 13.2 Å². The number of benzene rings is 1. The predicted octanol–water partition coefficient (Wildman–Crippen LogP) is 2.11. The van der Waals surface area contributed by atoms with Crippen molar-refractivity contribution in [2.24, 2.45) is 0 Å². The highest BCUT2D eigenvalue weighted by Gasteiger charge is 2.29. The van der Waals surface area contributed by atoms with Gasteiger partial charge in [-0.25, -0.2) is 0 Å². The van der Waals surface area contributed by atoms with Crippen molar-refractivity contribution in [2.75, 3.05) is 13.1 Å². The molecule has 2 N–H and O–H groups in total. The lowest BCUT2D eigenvalue weighted by molar-refractivity contribution is -0.137. The standard InChI is InChI=1S/C20H18F3N3O3/c21-20(22,23)15-5-1-13(2-6-15)3-7-17(27)24-11-19(29)26-10-9-16-14(12-26)4-8-18(28)25-16/h1-8H,9-12H2,(H,24,27)(H,25,28)/b7-3+. The summed E-state index contributed by atoms with van der Waals surface area (Å²) in [4.78, 5) is 39.8. The number of nitrogens with zero attached hydrogens (tertiary/aromatic N) is 1. The van der Waals surface area contributed by atoms with Gasteiger partial charge in [0.15, 0.2) is 0 Å². The third-order valence-electron chi connectivity index (χ3n) is 4.52. The molecule has 0 fully saturated rings. The number of aromatic amines is 1. The van der Waals surface area contributed by atoms with E-state index in [1.165, 1.54) is 24.3 Å². The summed E-state index contributed by atoms with van der Waals surface area (Å²) in [7, 11) is 0. The van der Waals surface area contributed by atoms with Crippen LogP contribution in [0.2, 0.25) is 0 Å². The lowest BCUT2D eigenvalue weighted by atomic mass is 10.1. The molecule has 0 unspecified atom stereocenters. The van der Waals surface area contributed by atoms with Crippen LogP contribution in [0.5, 0.6) is 0 Å². The maximum absolute atomic E-state index is 12.5. The number of hydrogen-bond acceptors (Lipinski definition) is 3. The molecule has 0 radical (unpaired) electrons. The Labute approximate surface area is 164 Å². The number of rotatable bonds is 4. The van der Waals surface area contributed by atoms with E-state index in [1.807, 2.05) is 0 Å². The molecule has 2 heterocycles. The molecule has 152 valence electrons. The molecular weight excluding hydrogens is 387 g/mol. The smallest absolute Gasteiger partial charge is 0.343 e. The number of pyridine rings is 1. The second-order valence-corrected chi connectivity index (χ2v) is 6.56. The third kappa shape index (κ3) is 5.34. The SMILES string of the molecule is O=C(/C=C/c1ccc(C(F)(F)F)cc1)NCC(=O)N1CCc2[nH]c(=O)ccc2C1. The fourth-order valence-electron chi connectivity index (χ4n) is 2.95. The Kier molecular flexibility index (Phi) is 5.86. The Balaban J connectivity index is 1.50. The summed E-state index contributed by atoms with van der Waals surface area (Å²) in [5, 5.41) is 2.46. The molecule has 0 saturated heterocycles. The fraction of sp³-hybridized carbons (Fsp3) is 0.250. The first-order valence-electron chi connectivity index (χ1n) is 8.84. The Bertz CT molecular complexity index is 995. The van der Waals surface area contributed by atoms with Gasteiger partial charge in [0.1, 0.15) is 0 Å². The fourth-order valence-corrected chi connectivity index (χ4v) is 2.95. The molecule has 0 spiro atoms. The number of carbonyl (C=O) groups is 2. The second-order valence-electron chi connectivity index (χ2n) is 6.56. The molecule has 1 aromatic heterocycles. The first kappa shape index (κ1) is 20.4. The van der Waals surface area contributed by atoms with Crippen LogP contribution in [0.1, 0.15) is 22.4 Å². The summed E-state index contributed by atoms with van der Waals surface area (Å²) in [6.45, 7) is 0.583. The van der Waals surface area contributed by atoms with Crippen molar-refractivity contribution in [1.29, 1.82) is 0 Å². The van der Waals surface area contributed by atoms with E-state index < -0.39 is 17.6 Å². The highest BCUT2D eigenvalue weighted by atomic mass is 19.4. The summed E-state index contributed by atoms with van der Waals surface area (Å²) < 4.78 is 37.6. The third-order valence-corrected chi connectivity index (χ3v) is 4.52. The zero-order valence-electron chi connectivity index (χ0n) is 15.3. The van der Waals surface area contributed by atoms with E-state index in [0.29, 0.717) is 25.1 Å². The highest BCUT2D eigenvalue weighted by molar-refractivity contribution is 5.94. The summed E-state index contributed by atoms with van der Waals surface area (Å²) >= 11 is 0. The monoisotopic (exact) mass is 405 g/mol. The second kappa shape index (κ2) is 8.34. The number of amides is 2. The van der Waals surface area contributed by atoms with Gasteiger partial charge in [0.05, 0.1) is 12.1 Å². The number of H-pyrrole nitrogens is 1. The van der Waals surface area contributed by atoms with E-state index >= 15 is 0 Å². The van der Waals surface area contributed by atoms with Crippen molar-refractivity contribution in [1.82, 2.24) is 15.2 Å². The van der Waals surface area contributed by atoms with Gasteiger partial charge in [-0.1, -0.05) is 18.2 Å². The van der Waals surface area contributed by atoms with Gasteiger partial charge < -0.3 is 15.2 Å². The van der Waals surface area contributed by atoms with Crippen molar-refractivity contribution in [3.05, 3.63) is 75.2 Å². The molecule has 0 bridgehead atoms. The summed E-state index contributed by atoms with van der Waals surface area (Å²) in [5.74, 6) is -0.793. The first-order valence-corrected chi connectivity index (χ1v) is 8.84. The number of fused-ring (bicyclic) bond motifs is 1. The van der Waals surface area contributed by atoms with Gasteiger partial charge in [-0.15, -0.1) is 0 Å². The zero-order valence-corrected chi connectivity index (χ0v) is 15.3. The molecule has 2 aromatic rings. The highest BCUT2D eigenvalue weighted by Crippen LogP contribution is 2.29. The van der Waals surface area contributed by atoms with Crippen LogP contribution in [0, 0.1) is 0 Å². The van der Waals surface area contributed by atoms with Gasteiger partial charge in [-0.2, -0.15) is 13.2 Å². The minimum atomic E-state index is -4.41. The van der Waals surface area contributed by atoms with Gasteiger partial charge in [0.25, 0.3) is 0 Å².